The second-order valence-corrected chi connectivity index (χ2v) is 4.87. The Hall–Kier alpha value is -1.40. The number of hydrogen-bond donors (Lipinski definition) is 2. The first-order chi connectivity index (χ1) is 10.4. The summed E-state index contributed by atoms with van der Waals surface area (Å²) in [6, 6.07) is 8.48. The summed E-state index contributed by atoms with van der Waals surface area (Å²) in [7, 11) is 1.71. The number of fused-ring (bicyclic) bond motifs is 1. The molecule has 0 saturated heterocycles. The number of methoxy groups -OCH3 is 1. The van der Waals surface area contributed by atoms with Crippen LogP contribution in [0.2, 0.25) is 0 Å². The number of nitrogens with zero attached hydrogens (tertiary/aromatic N) is 1. The normalized spacial score (nSPS) is 11.3. The van der Waals surface area contributed by atoms with Gasteiger partial charge in [-0.25, -0.2) is 0 Å². The molecule has 1 aromatic carbocycles. The molecule has 1 heterocycles. The molecule has 2 rings (SSSR count). The number of nitrogens with one attached hydrogen (secondary N) is 1. The molecule has 2 N–H and O–H groups in total. The lowest BCUT2D eigenvalue weighted by Crippen LogP contribution is -2.19. The van der Waals surface area contributed by atoms with E-state index in [0.717, 1.165) is 19.6 Å². The summed E-state index contributed by atoms with van der Waals surface area (Å²) in [5, 5.41) is 13.4. The van der Waals surface area contributed by atoms with Gasteiger partial charge in [-0.3, -0.25) is 0 Å². The number of para-hydroxylation sites is 1. The highest BCUT2D eigenvalue weighted by atomic mass is 16.5. The maximum Gasteiger partial charge on any atom is 0.0698 e. The van der Waals surface area contributed by atoms with Crippen molar-refractivity contribution in [3.63, 3.8) is 0 Å². The van der Waals surface area contributed by atoms with E-state index in [9.17, 15) is 0 Å². The number of benzene rings is 1. The average molecular weight is 292 g/mol. The minimum atomic E-state index is 0.0705. The molecule has 0 aliphatic carbocycles. The van der Waals surface area contributed by atoms with Gasteiger partial charge in [0.05, 0.1) is 31.9 Å². The van der Waals surface area contributed by atoms with Crippen LogP contribution in [0, 0.1) is 0 Å². The van der Waals surface area contributed by atoms with Gasteiger partial charge in [0.2, 0.25) is 0 Å². The Balaban J connectivity index is 2.04. The minimum absolute atomic E-state index is 0.0705. The molecule has 0 atom stereocenters. The molecular weight excluding hydrogens is 268 g/mol. The van der Waals surface area contributed by atoms with Crippen molar-refractivity contribution in [2.45, 2.75) is 13.1 Å². The van der Waals surface area contributed by atoms with Crippen molar-refractivity contribution in [3.05, 3.63) is 36.0 Å². The van der Waals surface area contributed by atoms with E-state index in [0.29, 0.717) is 19.8 Å². The highest BCUT2D eigenvalue weighted by Gasteiger charge is 2.06. The largest absolute Gasteiger partial charge is 0.394 e. The van der Waals surface area contributed by atoms with Gasteiger partial charge in [-0.05, 0) is 17.0 Å². The fourth-order valence-corrected chi connectivity index (χ4v) is 2.40. The molecule has 116 valence electrons. The molecule has 0 unspecified atom stereocenters. The zero-order chi connectivity index (χ0) is 14.9. The number of aromatic nitrogens is 1. The smallest absolute Gasteiger partial charge is 0.0698 e. The third-order valence-corrected chi connectivity index (χ3v) is 3.38. The molecule has 0 fully saturated rings. The van der Waals surface area contributed by atoms with Crippen LogP contribution in [0.1, 0.15) is 5.56 Å². The standard InChI is InChI=1S/C16H24N2O3/c1-20-10-6-17-13-15-4-2-3-14-5-7-18(16(14)15)8-11-21-12-9-19/h2-5,7,17,19H,6,8-13H2,1H3. The lowest BCUT2D eigenvalue weighted by molar-refractivity contribution is 0.0875. The molecule has 0 aliphatic heterocycles. The van der Waals surface area contributed by atoms with E-state index in [1.54, 1.807) is 7.11 Å². The number of hydrogen-bond acceptors (Lipinski definition) is 4. The molecule has 0 saturated carbocycles. The van der Waals surface area contributed by atoms with Gasteiger partial charge in [0.15, 0.2) is 0 Å². The molecule has 0 bridgehead atoms. The van der Waals surface area contributed by atoms with Crippen molar-refractivity contribution in [1.82, 2.24) is 9.88 Å². The van der Waals surface area contributed by atoms with Crippen molar-refractivity contribution in [3.8, 4) is 0 Å². The highest BCUT2D eigenvalue weighted by Crippen LogP contribution is 2.20. The van der Waals surface area contributed by atoms with Crippen LogP contribution < -0.4 is 5.32 Å². The van der Waals surface area contributed by atoms with Crippen LogP contribution in [0.4, 0.5) is 0 Å². The SMILES string of the molecule is COCCNCc1cccc2ccn(CCOCCO)c12. The molecule has 0 radical (unpaired) electrons. The van der Waals surface area contributed by atoms with Crippen molar-refractivity contribution in [2.24, 2.45) is 0 Å². The molecular formula is C16H24N2O3. The molecule has 0 amide bonds. The number of ether oxygens (including phenoxy) is 2. The van der Waals surface area contributed by atoms with Gasteiger partial charge in [0.1, 0.15) is 0 Å². The van der Waals surface area contributed by atoms with Crippen LogP contribution in [0.25, 0.3) is 10.9 Å². The highest BCUT2D eigenvalue weighted by molar-refractivity contribution is 5.83. The fraction of sp³-hybridized carbons (Fsp3) is 0.500. The van der Waals surface area contributed by atoms with Crippen molar-refractivity contribution >= 4 is 10.9 Å². The molecule has 5 heteroatoms. The number of aliphatic hydroxyl groups is 1. The summed E-state index contributed by atoms with van der Waals surface area (Å²) in [6.07, 6.45) is 2.09. The van der Waals surface area contributed by atoms with Crippen LogP contribution in [-0.4, -0.2) is 49.8 Å². The Labute approximate surface area is 125 Å². The summed E-state index contributed by atoms with van der Waals surface area (Å²) in [4.78, 5) is 0. The third-order valence-electron chi connectivity index (χ3n) is 3.38. The van der Waals surface area contributed by atoms with Gasteiger partial charge in [0.25, 0.3) is 0 Å². The molecule has 0 aliphatic rings. The maximum absolute atomic E-state index is 8.73. The van der Waals surface area contributed by atoms with E-state index in [4.69, 9.17) is 14.6 Å². The lowest BCUT2D eigenvalue weighted by Gasteiger charge is -2.11. The van der Waals surface area contributed by atoms with Gasteiger partial charge in [-0.1, -0.05) is 18.2 Å². The Kier molecular flexibility index (Phi) is 6.69. The molecule has 1 aromatic heterocycles. The summed E-state index contributed by atoms with van der Waals surface area (Å²) in [5.74, 6) is 0. The van der Waals surface area contributed by atoms with Crippen LogP contribution in [0.15, 0.2) is 30.5 Å². The maximum atomic E-state index is 8.73. The van der Waals surface area contributed by atoms with Crippen LogP contribution in [0.5, 0.6) is 0 Å². The van der Waals surface area contributed by atoms with E-state index in [1.165, 1.54) is 16.5 Å². The molecule has 21 heavy (non-hydrogen) atoms. The van der Waals surface area contributed by atoms with E-state index in [1.807, 2.05) is 0 Å². The molecule has 2 aromatic rings. The zero-order valence-corrected chi connectivity index (χ0v) is 12.5. The van der Waals surface area contributed by atoms with Gasteiger partial charge < -0.3 is 24.5 Å². The Morgan fingerprint density at radius 1 is 1.19 bits per heavy atom. The van der Waals surface area contributed by atoms with Crippen molar-refractivity contribution < 1.29 is 14.6 Å². The van der Waals surface area contributed by atoms with Crippen LogP contribution in [-0.2, 0) is 22.6 Å². The van der Waals surface area contributed by atoms with E-state index in [2.05, 4.69) is 40.3 Å². The summed E-state index contributed by atoms with van der Waals surface area (Å²) >= 11 is 0. The van der Waals surface area contributed by atoms with Gasteiger partial charge in [-0.15, -0.1) is 0 Å². The minimum Gasteiger partial charge on any atom is -0.394 e. The average Bonchev–Trinajstić information content (AvgIpc) is 2.92. The predicted molar refractivity (Wildman–Crippen MR) is 83.4 cm³/mol. The number of rotatable bonds is 10. The Bertz CT molecular complexity index is 539. The van der Waals surface area contributed by atoms with Crippen LogP contribution >= 0.6 is 0 Å². The summed E-state index contributed by atoms with van der Waals surface area (Å²) in [6.45, 7) is 4.24. The van der Waals surface area contributed by atoms with Crippen molar-refractivity contribution in [2.75, 3.05) is 40.1 Å². The van der Waals surface area contributed by atoms with Gasteiger partial charge in [-0.2, -0.15) is 0 Å². The summed E-state index contributed by atoms with van der Waals surface area (Å²) < 4.78 is 12.6. The van der Waals surface area contributed by atoms with Crippen LogP contribution in [0.3, 0.4) is 0 Å². The van der Waals surface area contributed by atoms with E-state index >= 15 is 0 Å². The number of aliphatic hydroxyl groups excluding tert-OH is 1. The first-order valence-electron chi connectivity index (χ1n) is 7.32. The first kappa shape index (κ1) is 16.0. The Morgan fingerprint density at radius 2 is 2.10 bits per heavy atom. The third kappa shape index (κ3) is 4.54. The van der Waals surface area contributed by atoms with E-state index in [-0.39, 0.29) is 6.61 Å². The van der Waals surface area contributed by atoms with Crippen molar-refractivity contribution in [1.29, 1.82) is 0 Å². The summed E-state index contributed by atoms with van der Waals surface area (Å²) in [5.41, 5.74) is 2.52. The van der Waals surface area contributed by atoms with Gasteiger partial charge >= 0.3 is 0 Å². The second-order valence-electron chi connectivity index (χ2n) is 4.87. The fourth-order valence-electron chi connectivity index (χ4n) is 2.40. The Morgan fingerprint density at radius 3 is 2.90 bits per heavy atom. The monoisotopic (exact) mass is 292 g/mol. The van der Waals surface area contributed by atoms with Gasteiger partial charge in [0, 0.05) is 32.9 Å². The topological polar surface area (TPSA) is 55.7 Å². The van der Waals surface area contributed by atoms with E-state index < -0.39 is 0 Å². The first-order valence-corrected chi connectivity index (χ1v) is 7.32. The second kappa shape index (κ2) is 8.79. The zero-order valence-electron chi connectivity index (χ0n) is 12.5. The lowest BCUT2D eigenvalue weighted by atomic mass is 10.1. The molecule has 5 nitrogen and oxygen atoms in total. The molecule has 0 spiro atoms. The quantitative estimate of drug-likeness (QED) is 0.650. The predicted octanol–water partition coefficient (Wildman–Crippen LogP) is 1.39.